The Hall–Kier alpha value is -2.67. The van der Waals surface area contributed by atoms with Gasteiger partial charge in [0.25, 0.3) is 5.91 Å². The minimum Gasteiger partial charge on any atom is -0.490 e. The lowest BCUT2D eigenvalue weighted by atomic mass is 10.1. The molecule has 7 heteroatoms. The standard InChI is InChI=1S/C20H18BrNO5/c1-11(2)26-16-6-13(7-17-14(16)8-19(21)27-17)20(23)22-9-12-3-4-15-18(5-12)25-10-24-15/h3-8,11H,9-10H2,1-2H3,(H,22,23). The number of hydrogen-bond donors (Lipinski definition) is 1. The monoisotopic (exact) mass is 431 g/mol. The zero-order valence-corrected chi connectivity index (χ0v) is 16.5. The van der Waals surface area contributed by atoms with Crippen molar-refractivity contribution in [2.45, 2.75) is 26.5 Å². The highest BCUT2D eigenvalue weighted by Crippen LogP contribution is 2.34. The summed E-state index contributed by atoms with van der Waals surface area (Å²) >= 11 is 3.33. The predicted octanol–water partition coefficient (Wildman–Crippen LogP) is 4.64. The van der Waals surface area contributed by atoms with Crippen LogP contribution in [-0.2, 0) is 6.54 Å². The number of fused-ring (bicyclic) bond motifs is 2. The second-order valence-electron chi connectivity index (χ2n) is 6.47. The molecule has 0 spiro atoms. The Kier molecular flexibility index (Phi) is 4.70. The van der Waals surface area contributed by atoms with Crippen molar-refractivity contribution >= 4 is 32.8 Å². The van der Waals surface area contributed by atoms with Gasteiger partial charge in [0.15, 0.2) is 16.2 Å². The second kappa shape index (κ2) is 7.15. The molecule has 1 aromatic heterocycles. The van der Waals surface area contributed by atoms with Crippen molar-refractivity contribution in [3.05, 3.63) is 52.2 Å². The number of amides is 1. The average molecular weight is 432 g/mol. The number of halogens is 1. The zero-order valence-electron chi connectivity index (χ0n) is 14.9. The third-order valence-electron chi connectivity index (χ3n) is 4.08. The third kappa shape index (κ3) is 3.73. The molecule has 1 N–H and O–H groups in total. The van der Waals surface area contributed by atoms with E-state index < -0.39 is 0 Å². The maximum Gasteiger partial charge on any atom is 0.251 e. The number of nitrogens with one attached hydrogen (secondary N) is 1. The van der Waals surface area contributed by atoms with Crippen molar-refractivity contribution in [1.82, 2.24) is 5.32 Å². The normalized spacial score (nSPS) is 12.6. The van der Waals surface area contributed by atoms with Crippen LogP contribution >= 0.6 is 15.9 Å². The molecule has 0 saturated carbocycles. The number of rotatable bonds is 5. The number of benzene rings is 2. The van der Waals surface area contributed by atoms with E-state index in [1.165, 1.54) is 0 Å². The zero-order chi connectivity index (χ0) is 19.0. The quantitative estimate of drug-likeness (QED) is 0.636. The topological polar surface area (TPSA) is 69.9 Å². The maximum absolute atomic E-state index is 12.7. The SMILES string of the molecule is CC(C)Oc1cc(C(=O)NCc2ccc3c(c2)OCO3)cc2oc(Br)cc12. The molecule has 2 heterocycles. The molecule has 2 aromatic carbocycles. The lowest BCUT2D eigenvalue weighted by Crippen LogP contribution is -2.22. The number of carbonyl (C=O) groups is 1. The molecular weight excluding hydrogens is 414 g/mol. The molecular formula is C20H18BrNO5. The van der Waals surface area contributed by atoms with Gasteiger partial charge in [-0.25, -0.2) is 0 Å². The van der Waals surface area contributed by atoms with Gasteiger partial charge in [0.2, 0.25) is 6.79 Å². The van der Waals surface area contributed by atoms with Crippen LogP contribution in [-0.4, -0.2) is 18.8 Å². The van der Waals surface area contributed by atoms with Gasteiger partial charge in [-0.2, -0.15) is 0 Å². The highest BCUT2D eigenvalue weighted by atomic mass is 79.9. The number of hydrogen-bond acceptors (Lipinski definition) is 5. The van der Waals surface area contributed by atoms with Crippen LogP contribution in [0, 0.1) is 0 Å². The van der Waals surface area contributed by atoms with Gasteiger partial charge in [0, 0.05) is 18.2 Å². The molecule has 1 amide bonds. The summed E-state index contributed by atoms with van der Waals surface area (Å²) in [7, 11) is 0. The molecule has 0 aliphatic carbocycles. The number of carbonyl (C=O) groups excluding carboxylic acids is 1. The van der Waals surface area contributed by atoms with Crippen LogP contribution in [0.25, 0.3) is 11.0 Å². The molecule has 27 heavy (non-hydrogen) atoms. The maximum atomic E-state index is 12.7. The molecule has 1 aliphatic rings. The van der Waals surface area contributed by atoms with Crippen LogP contribution in [0.1, 0.15) is 29.8 Å². The fraction of sp³-hybridized carbons (Fsp3) is 0.250. The van der Waals surface area contributed by atoms with E-state index in [1.807, 2.05) is 38.1 Å². The minimum atomic E-state index is -0.212. The smallest absolute Gasteiger partial charge is 0.251 e. The summed E-state index contributed by atoms with van der Waals surface area (Å²) in [5.74, 6) is 1.81. The summed E-state index contributed by atoms with van der Waals surface area (Å²) in [6.07, 6.45) is -0.0196. The molecule has 1 aliphatic heterocycles. The summed E-state index contributed by atoms with van der Waals surface area (Å²) < 4.78 is 22.7. The molecule has 0 saturated heterocycles. The number of furan rings is 1. The van der Waals surface area contributed by atoms with Crippen LogP contribution in [0.15, 0.2) is 45.5 Å². The summed E-state index contributed by atoms with van der Waals surface area (Å²) in [6, 6.07) is 10.9. The largest absolute Gasteiger partial charge is 0.490 e. The first-order valence-electron chi connectivity index (χ1n) is 8.56. The van der Waals surface area contributed by atoms with Gasteiger partial charge in [-0.15, -0.1) is 0 Å². The van der Waals surface area contributed by atoms with Crippen molar-refractivity contribution in [2.24, 2.45) is 0 Å². The van der Waals surface area contributed by atoms with Crippen LogP contribution < -0.4 is 19.5 Å². The highest BCUT2D eigenvalue weighted by molar-refractivity contribution is 9.10. The van der Waals surface area contributed by atoms with Crippen molar-refractivity contribution in [3.63, 3.8) is 0 Å². The van der Waals surface area contributed by atoms with Gasteiger partial charge in [-0.05, 0) is 59.6 Å². The van der Waals surface area contributed by atoms with Gasteiger partial charge in [0.1, 0.15) is 11.3 Å². The first-order chi connectivity index (χ1) is 13.0. The minimum absolute atomic E-state index is 0.0196. The Morgan fingerprint density at radius 2 is 2.00 bits per heavy atom. The Balaban J connectivity index is 1.55. The second-order valence-corrected chi connectivity index (χ2v) is 7.26. The third-order valence-corrected chi connectivity index (χ3v) is 4.48. The van der Waals surface area contributed by atoms with Crippen LogP contribution in [0.5, 0.6) is 17.2 Å². The van der Waals surface area contributed by atoms with Gasteiger partial charge in [-0.3, -0.25) is 4.79 Å². The Labute approximate surface area is 164 Å². The predicted molar refractivity (Wildman–Crippen MR) is 103 cm³/mol. The lowest BCUT2D eigenvalue weighted by molar-refractivity contribution is 0.0950. The first kappa shape index (κ1) is 17.7. The van der Waals surface area contributed by atoms with Gasteiger partial charge < -0.3 is 23.9 Å². The van der Waals surface area contributed by atoms with E-state index in [9.17, 15) is 4.79 Å². The van der Waals surface area contributed by atoms with Crippen molar-refractivity contribution < 1.29 is 23.4 Å². The molecule has 6 nitrogen and oxygen atoms in total. The Bertz CT molecular complexity index is 1010. The Morgan fingerprint density at radius 3 is 2.81 bits per heavy atom. The van der Waals surface area contributed by atoms with E-state index in [-0.39, 0.29) is 18.8 Å². The van der Waals surface area contributed by atoms with Crippen molar-refractivity contribution in [3.8, 4) is 17.2 Å². The van der Waals surface area contributed by atoms with Gasteiger partial charge >= 0.3 is 0 Å². The van der Waals surface area contributed by atoms with Gasteiger partial charge in [0.05, 0.1) is 11.5 Å². The molecule has 0 radical (unpaired) electrons. The molecule has 3 aromatic rings. The molecule has 0 bridgehead atoms. The fourth-order valence-electron chi connectivity index (χ4n) is 2.89. The van der Waals surface area contributed by atoms with Crippen LogP contribution in [0.3, 0.4) is 0 Å². The number of ether oxygens (including phenoxy) is 3. The van der Waals surface area contributed by atoms with Crippen molar-refractivity contribution in [2.75, 3.05) is 6.79 Å². The first-order valence-corrected chi connectivity index (χ1v) is 9.35. The van der Waals surface area contributed by atoms with E-state index in [2.05, 4.69) is 21.2 Å². The lowest BCUT2D eigenvalue weighted by Gasteiger charge is -2.12. The Morgan fingerprint density at radius 1 is 1.19 bits per heavy atom. The van der Waals surface area contributed by atoms with E-state index in [4.69, 9.17) is 18.6 Å². The fourth-order valence-corrected chi connectivity index (χ4v) is 3.30. The van der Waals surface area contributed by atoms with E-state index in [1.54, 1.807) is 12.1 Å². The van der Waals surface area contributed by atoms with E-state index in [0.717, 1.165) is 16.7 Å². The van der Waals surface area contributed by atoms with E-state index >= 15 is 0 Å². The van der Waals surface area contributed by atoms with E-state index in [0.29, 0.717) is 33.9 Å². The molecule has 4 rings (SSSR count). The summed E-state index contributed by atoms with van der Waals surface area (Å²) in [5, 5.41) is 3.74. The highest BCUT2D eigenvalue weighted by Gasteiger charge is 2.17. The average Bonchev–Trinajstić information content (AvgIpc) is 3.24. The molecule has 0 atom stereocenters. The van der Waals surface area contributed by atoms with Crippen molar-refractivity contribution in [1.29, 1.82) is 0 Å². The summed E-state index contributed by atoms with van der Waals surface area (Å²) in [6.45, 7) is 4.47. The molecule has 140 valence electrons. The van der Waals surface area contributed by atoms with Gasteiger partial charge in [-0.1, -0.05) is 6.07 Å². The van der Waals surface area contributed by atoms with Crippen LogP contribution in [0.4, 0.5) is 0 Å². The molecule has 0 unspecified atom stereocenters. The summed E-state index contributed by atoms with van der Waals surface area (Å²) in [5.41, 5.74) is 1.99. The summed E-state index contributed by atoms with van der Waals surface area (Å²) in [4.78, 5) is 12.7. The molecule has 0 fully saturated rings. The van der Waals surface area contributed by atoms with Crippen LogP contribution in [0.2, 0.25) is 0 Å².